The van der Waals surface area contributed by atoms with Crippen LogP contribution in [-0.4, -0.2) is 27.7 Å². The van der Waals surface area contributed by atoms with Crippen molar-refractivity contribution in [2.45, 2.75) is 24.3 Å². The van der Waals surface area contributed by atoms with E-state index >= 15 is 0 Å². The SMILES string of the molecule is NC/C=C(\NC1C=CC=CC1)c1nn(C2=CC(Cl)CC=C2)ccc1=O. The van der Waals surface area contributed by atoms with Crippen LogP contribution in [0.1, 0.15) is 18.5 Å². The zero-order valence-electron chi connectivity index (χ0n) is 13.8. The van der Waals surface area contributed by atoms with Crippen LogP contribution >= 0.6 is 11.6 Å². The molecular formula is C19H21ClN4O. The van der Waals surface area contributed by atoms with Crippen molar-refractivity contribution in [3.8, 4) is 0 Å². The van der Waals surface area contributed by atoms with Gasteiger partial charge in [-0.15, -0.1) is 11.6 Å². The summed E-state index contributed by atoms with van der Waals surface area (Å²) in [6, 6.07) is 1.62. The largest absolute Gasteiger partial charge is 0.377 e. The molecule has 0 fully saturated rings. The standard InChI is InChI=1S/C19H21ClN4O/c20-14-5-4-8-16(13-14)24-12-10-18(25)19(23-24)17(9-11-21)22-15-6-2-1-3-7-15/h1-4,6,8-10,12-15,22H,5,7,11,21H2/b17-9-. The van der Waals surface area contributed by atoms with Gasteiger partial charge in [-0.25, -0.2) is 4.68 Å². The molecule has 1 aromatic rings. The molecule has 1 heterocycles. The van der Waals surface area contributed by atoms with E-state index in [4.69, 9.17) is 17.3 Å². The van der Waals surface area contributed by atoms with Crippen molar-refractivity contribution in [3.63, 3.8) is 0 Å². The van der Waals surface area contributed by atoms with Gasteiger partial charge in [-0.05, 0) is 31.1 Å². The summed E-state index contributed by atoms with van der Waals surface area (Å²) in [5.74, 6) is 0. The van der Waals surface area contributed by atoms with Crippen LogP contribution in [0.25, 0.3) is 11.4 Å². The number of aromatic nitrogens is 2. The van der Waals surface area contributed by atoms with Crippen LogP contribution in [0.2, 0.25) is 0 Å². The number of halogens is 1. The van der Waals surface area contributed by atoms with E-state index in [-0.39, 0.29) is 16.8 Å². The van der Waals surface area contributed by atoms with Crippen molar-refractivity contribution in [1.29, 1.82) is 0 Å². The van der Waals surface area contributed by atoms with Crippen molar-refractivity contribution < 1.29 is 0 Å². The summed E-state index contributed by atoms with van der Waals surface area (Å²) in [7, 11) is 0. The lowest BCUT2D eigenvalue weighted by Crippen LogP contribution is -2.30. The van der Waals surface area contributed by atoms with Crippen LogP contribution in [-0.2, 0) is 0 Å². The number of nitrogens with zero attached hydrogens (tertiary/aromatic N) is 2. The van der Waals surface area contributed by atoms with Crippen LogP contribution in [0.5, 0.6) is 0 Å². The minimum absolute atomic E-state index is 0.0685. The van der Waals surface area contributed by atoms with Gasteiger partial charge in [0.15, 0.2) is 5.69 Å². The molecule has 0 bridgehead atoms. The minimum atomic E-state index is -0.151. The molecule has 3 N–H and O–H groups in total. The Morgan fingerprint density at radius 2 is 2.28 bits per heavy atom. The van der Waals surface area contributed by atoms with E-state index in [0.29, 0.717) is 17.9 Å². The summed E-state index contributed by atoms with van der Waals surface area (Å²) in [6.07, 6.45) is 19.1. The van der Waals surface area contributed by atoms with Crippen LogP contribution in [0.3, 0.4) is 0 Å². The van der Waals surface area contributed by atoms with Gasteiger partial charge in [0.2, 0.25) is 5.43 Å². The second-order valence-electron chi connectivity index (χ2n) is 5.87. The highest BCUT2D eigenvalue weighted by molar-refractivity contribution is 6.22. The molecule has 5 nitrogen and oxygen atoms in total. The molecule has 0 aliphatic heterocycles. The van der Waals surface area contributed by atoms with Gasteiger partial charge in [-0.3, -0.25) is 4.79 Å². The molecule has 2 unspecified atom stereocenters. The number of alkyl halides is 1. The number of nitrogens with two attached hydrogens (primary N) is 1. The average Bonchev–Trinajstić information content (AvgIpc) is 2.63. The Labute approximate surface area is 151 Å². The molecule has 1 aromatic heterocycles. The van der Waals surface area contributed by atoms with E-state index < -0.39 is 0 Å². The average molecular weight is 357 g/mol. The first kappa shape index (κ1) is 17.5. The van der Waals surface area contributed by atoms with Gasteiger partial charge in [0.05, 0.1) is 16.8 Å². The van der Waals surface area contributed by atoms with E-state index in [0.717, 1.165) is 18.5 Å². The molecule has 25 heavy (non-hydrogen) atoms. The van der Waals surface area contributed by atoms with E-state index in [1.807, 2.05) is 30.4 Å². The number of hydrogen-bond donors (Lipinski definition) is 2. The third-order valence-electron chi connectivity index (χ3n) is 3.97. The lowest BCUT2D eigenvalue weighted by molar-refractivity contribution is 0.708. The lowest BCUT2D eigenvalue weighted by Gasteiger charge is -2.19. The van der Waals surface area contributed by atoms with Gasteiger partial charge in [0.25, 0.3) is 0 Å². The molecule has 0 spiro atoms. The molecular weight excluding hydrogens is 336 g/mol. The zero-order valence-corrected chi connectivity index (χ0v) is 14.6. The van der Waals surface area contributed by atoms with Crippen molar-refractivity contribution >= 4 is 23.0 Å². The second-order valence-corrected chi connectivity index (χ2v) is 6.43. The Kier molecular flexibility index (Phi) is 5.68. The number of allylic oxidation sites excluding steroid dienone is 6. The maximum atomic E-state index is 12.4. The van der Waals surface area contributed by atoms with Crippen LogP contribution in [0.15, 0.2) is 65.7 Å². The fraction of sp³-hybridized carbons (Fsp3) is 0.263. The number of hydrogen-bond acceptors (Lipinski definition) is 4. The van der Waals surface area contributed by atoms with E-state index in [9.17, 15) is 4.79 Å². The highest BCUT2D eigenvalue weighted by atomic mass is 35.5. The molecule has 3 rings (SSSR count). The normalized spacial score (nSPS) is 22.8. The molecule has 0 saturated carbocycles. The van der Waals surface area contributed by atoms with Crippen LogP contribution in [0, 0.1) is 0 Å². The Bertz CT molecular complexity index is 832. The predicted octanol–water partition coefficient (Wildman–Crippen LogP) is 2.43. The Morgan fingerprint density at radius 3 is 3.00 bits per heavy atom. The summed E-state index contributed by atoms with van der Waals surface area (Å²) in [6.45, 7) is 0.316. The smallest absolute Gasteiger partial charge is 0.209 e. The van der Waals surface area contributed by atoms with Gasteiger partial charge in [0.1, 0.15) is 0 Å². The third-order valence-corrected chi connectivity index (χ3v) is 4.28. The first-order chi connectivity index (χ1) is 12.2. The summed E-state index contributed by atoms with van der Waals surface area (Å²) < 4.78 is 1.67. The molecule has 0 saturated heterocycles. The molecule has 6 heteroatoms. The molecule has 2 atom stereocenters. The summed E-state index contributed by atoms with van der Waals surface area (Å²) >= 11 is 6.19. The van der Waals surface area contributed by atoms with Crippen LogP contribution in [0.4, 0.5) is 0 Å². The maximum Gasteiger partial charge on any atom is 0.209 e. The van der Waals surface area contributed by atoms with Crippen molar-refractivity contribution in [2.75, 3.05) is 6.54 Å². The zero-order chi connectivity index (χ0) is 17.6. The Hall–Kier alpha value is -2.37. The van der Waals surface area contributed by atoms with E-state index in [1.54, 1.807) is 17.0 Å². The number of nitrogens with one attached hydrogen (secondary N) is 1. The fourth-order valence-electron chi connectivity index (χ4n) is 2.75. The molecule has 0 radical (unpaired) electrons. The topological polar surface area (TPSA) is 72.9 Å². The molecule has 2 aliphatic carbocycles. The van der Waals surface area contributed by atoms with Crippen LogP contribution < -0.4 is 16.5 Å². The first-order valence-electron chi connectivity index (χ1n) is 8.30. The maximum absolute atomic E-state index is 12.4. The van der Waals surface area contributed by atoms with Gasteiger partial charge >= 0.3 is 0 Å². The van der Waals surface area contributed by atoms with Crippen molar-refractivity contribution in [3.05, 3.63) is 76.8 Å². The van der Waals surface area contributed by atoms with E-state index in [1.165, 1.54) is 6.07 Å². The lowest BCUT2D eigenvalue weighted by atomic mass is 10.1. The fourth-order valence-corrected chi connectivity index (χ4v) is 2.98. The third kappa shape index (κ3) is 4.38. The first-order valence-corrected chi connectivity index (χ1v) is 8.74. The quantitative estimate of drug-likeness (QED) is 0.795. The molecule has 0 amide bonds. The van der Waals surface area contributed by atoms with Crippen molar-refractivity contribution in [2.24, 2.45) is 5.73 Å². The molecule has 130 valence electrons. The van der Waals surface area contributed by atoms with Gasteiger partial charge in [-0.1, -0.05) is 30.4 Å². The second kappa shape index (κ2) is 8.14. The highest BCUT2D eigenvalue weighted by Crippen LogP contribution is 2.18. The summed E-state index contributed by atoms with van der Waals surface area (Å²) in [5.41, 5.74) is 7.39. The highest BCUT2D eigenvalue weighted by Gasteiger charge is 2.15. The van der Waals surface area contributed by atoms with Gasteiger partial charge in [0, 0.05) is 24.8 Å². The molecule has 2 aliphatic rings. The Balaban J connectivity index is 1.93. The molecule has 0 aromatic carbocycles. The van der Waals surface area contributed by atoms with E-state index in [2.05, 4.69) is 22.6 Å². The minimum Gasteiger partial charge on any atom is -0.377 e. The Morgan fingerprint density at radius 1 is 1.40 bits per heavy atom. The predicted molar refractivity (Wildman–Crippen MR) is 103 cm³/mol. The van der Waals surface area contributed by atoms with Crippen molar-refractivity contribution in [1.82, 2.24) is 15.1 Å². The number of rotatable bonds is 5. The van der Waals surface area contributed by atoms with Gasteiger partial charge in [-0.2, -0.15) is 5.10 Å². The summed E-state index contributed by atoms with van der Waals surface area (Å²) in [4.78, 5) is 12.4. The van der Waals surface area contributed by atoms with Gasteiger partial charge < -0.3 is 11.1 Å². The monoisotopic (exact) mass is 356 g/mol. The summed E-state index contributed by atoms with van der Waals surface area (Å²) in [5, 5.41) is 7.80.